The fraction of sp³-hybridized carbons (Fsp3) is 0.800. The van der Waals surface area contributed by atoms with E-state index in [1.807, 2.05) is 4.68 Å². The number of rotatable bonds is 7. The summed E-state index contributed by atoms with van der Waals surface area (Å²) >= 11 is 0. The van der Waals surface area contributed by atoms with Crippen LogP contribution in [0.25, 0.3) is 0 Å². The Morgan fingerprint density at radius 1 is 1.47 bits per heavy atom. The third kappa shape index (κ3) is 3.60. The van der Waals surface area contributed by atoms with Crippen molar-refractivity contribution in [3.05, 3.63) is 11.9 Å². The lowest BCUT2D eigenvalue weighted by Crippen LogP contribution is -2.21. The van der Waals surface area contributed by atoms with Gasteiger partial charge < -0.3 is 10.5 Å². The van der Waals surface area contributed by atoms with E-state index < -0.39 is 0 Å². The molecule has 0 aromatic carbocycles. The maximum Gasteiger partial charge on any atom is 0.0777 e. The molecule has 1 unspecified atom stereocenters. The number of aromatic nitrogens is 3. The third-order valence-corrected chi connectivity index (χ3v) is 2.11. The predicted octanol–water partition coefficient (Wildman–Crippen LogP) is 1.11. The smallest absolute Gasteiger partial charge is 0.0777 e. The lowest BCUT2D eigenvalue weighted by molar-refractivity contribution is 0.119. The van der Waals surface area contributed by atoms with Crippen LogP contribution in [-0.4, -0.2) is 28.2 Å². The first kappa shape index (κ1) is 12.1. The van der Waals surface area contributed by atoms with Crippen LogP contribution in [0.2, 0.25) is 0 Å². The van der Waals surface area contributed by atoms with Crippen molar-refractivity contribution in [1.29, 1.82) is 0 Å². The molecule has 86 valence electrons. The van der Waals surface area contributed by atoms with Crippen molar-refractivity contribution in [3.8, 4) is 0 Å². The van der Waals surface area contributed by atoms with Crippen LogP contribution in [0.4, 0.5) is 0 Å². The van der Waals surface area contributed by atoms with E-state index in [-0.39, 0.29) is 6.04 Å². The number of hydrogen-bond donors (Lipinski definition) is 1. The molecule has 0 aliphatic carbocycles. The molecule has 1 aromatic rings. The average molecular weight is 212 g/mol. The number of hydrogen-bond acceptors (Lipinski definition) is 4. The first-order valence-electron chi connectivity index (χ1n) is 5.51. The molecule has 1 rings (SSSR count). The van der Waals surface area contributed by atoms with Crippen molar-refractivity contribution in [2.75, 3.05) is 13.2 Å². The Balaban J connectivity index is 2.48. The molecule has 0 bridgehead atoms. The van der Waals surface area contributed by atoms with E-state index in [0.29, 0.717) is 6.61 Å². The molecule has 0 aliphatic rings. The maximum absolute atomic E-state index is 5.99. The van der Waals surface area contributed by atoms with E-state index in [4.69, 9.17) is 10.5 Å². The van der Waals surface area contributed by atoms with Crippen LogP contribution in [0.3, 0.4) is 0 Å². The SMILES string of the molecule is CCCOCC(N)c1cnnn1CCC. The molecule has 5 nitrogen and oxygen atoms in total. The van der Waals surface area contributed by atoms with Gasteiger partial charge in [-0.15, -0.1) is 5.10 Å². The molecule has 5 heteroatoms. The molecule has 0 fully saturated rings. The van der Waals surface area contributed by atoms with Gasteiger partial charge in [-0.25, -0.2) is 4.68 Å². The highest BCUT2D eigenvalue weighted by Gasteiger charge is 2.12. The Hall–Kier alpha value is -0.940. The zero-order chi connectivity index (χ0) is 11.1. The minimum Gasteiger partial charge on any atom is -0.379 e. The van der Waals surface area contributed by atoms with Crippen LogP contribution < -0.4 is 5.73 Å². The van der Waals surface area contributed by atoms with Crippen LogP contribution in [-0.2, 0) is 11.3 Å². The molecule has 1 aromatic heterocycles. The fourth-order valence-electron chi connectivity index (χ4n) is 1.38. The number of nitrogens with zero attached hydrogens (tertiary/aromatic N) is 3. The van der Waals surface area contributed by atoms with Gasteiger partial charge in [-0.1, -0.05) is 19.1 Å². The quantitative estimate of drug-likeness (QED) is 0.688. The van der Waals surface area contributed by atoms with E-state index in [1.54, 1.807) is 6.20 Å². The van der Waals surface area contributed by atoms with E-state index >= 15 is 0 Å². The summed E-state index contributed by atoms with van der Waals surface area (Å²) in [5.74, 6) is 0. The Morgan fingerprint density at radius 2 is 2.27 bits per heavy atom. The molecule has 0 radical (unpaired) electrons. The van der Waals surface area contributed by atoms with E-state index in [1.165, 1.54) is 0 Å². The largest absolute Gasteiger partial charge is 0.379 e. The van der Waals surface area contributed by atoms with Gasteiger partial charge in [0.1, 0.15) is 0 Å². The Kier molecular flexibility index (Phi) is 5.28. The fourth-order valence-corrected chi connectivity index (χ4v) is 1.38. The molecule has 1 atom stereocenters. The molecule has 0 saturated carbocycles. The topological polar surface area (TPSA) is 66.0 Å². The summed E-state index contributed by atoms with van der Waals surface area (Å²) in [6, 6.07) is -0.127. The second kappa shape index (κ2) is 6.53. The molecule has 0 spiro atoms. The molecule has 0 amide bonds. The number of ether oxygens (including phenoxy) is 1. The summed E-state index contributed by atoms with van der Waals surface area (Å²) in [5.41, 5.74) is 6.94. The Labute approximate surface area is 90.6 Å². The summed E-state index contributed by atoms with van der Waals surface area (Å²) in [6.07, 6.45) is 3.76. The van der Waals surface area contributed by atoms with Gasteiger partial charge in [0.05, 0.1) is 24.5 Å². The minimum atomic E-state index is -0.127. The highest BCUT2D eigenvalue weighted by Crippen LogP contribution is 2.09. The van der Waals surface area contributed by atoms with Gasteiger partial charge >= 0.3 is 0 Å². The number of aryl methyl sites for hydroxylation is 1. The molecule has 0 saturated heterocycles. The predicted molar refractivity (Wildman–Crippen MR) is 58.4 cm³/mol. The van der Waals surface area contributed by atoms with Gasteiger partial charge in [-0.2, -0.15) is 0 Å². The van der Waals surface area contributed by atoms with Crippen LogP contribution in [0.15, 0.2) is 6.20 Å². The minimum absolute atomic E-state index is 0.127. The Bertz CT molecular complexity index is 274. The third-order valence-electron chi connectivity index (χ3n) is 2.11. The van der Waals surface area contributed by atoms with E-state index in [0.717, 1.165) is 31.7 Å². The molecular formula is C10H20N4O. The molecular weight excluding hydrogens is 192 g/mol. The molecule has 1 heterocycles. The van der Waals surface area contributed by atoms with Crippen LogP contribution >= 0.6 is 0 Å². The normalized spacial score (nSPS) is 13.0. The lowest BCUT2D eigenvalue weighted by Gasteiger charge is -2.12. The van der Waals surface area contributed by atoms with E-state index in [2.05, 4.69) is 24.2 Å². The monoisotopic (exact) mass is 212 g/mol. The summed E-state index contributed by atoms with van der Waals surface area (Å²) < 4.78 is 7.25. The zero-order valence-corrected chi connectivity index (χ0v) is 9.52. The van der Waals surface area contributed by atoms with Gasteiger partial charge in [0.2, 0.25) is 0 Å². The second-order valence-electron chi connectivity index (χ2n) is 3.56. The summed E-state index contributed by atoms with van der Waals surface area (Å²) in [4.78, 5) is 0. The molecule has 15 heavy (non-hydrogen) atoms. The van der Waals surface area contributed by atoms with Crippen molar-refractivity contribution in [1.82, 2.24) is 15.0 Å². The van der Waals surface area contributed by atoms with Gasteiger partial charge in [0.25, 0.3) is 0 Å². The van der Waals surface area contributed by atoms with Crippen molar-refractivity contribution >= 4 is 0 Å². The molecule has 2 N–H and O–H groups in total. The van der Waals surface area contributed by atoms with Crippen LogP contribution in [0.5, 0.6) is 0 Å². The zero-order valence-electron chi connectivity index (χ0n) is 9.52. The van der Waals surface area contributed by atoms with Crippen LogP contribution in [0.1, 0.15) is 38.4 Å². The van der Waals surface area contributed by atoms with Crippen molar-refractivity contribution in [2.24, 2.45) is 5.73 Å². The van der Waals surface area contributed by atoms with Gasteiger partial charge in [-0.05, 0) is 12.8 Å². The standard InChI is InChI=1S/C10H20N4O/c1-3-5-14-10(7-12-13-14)9(11)8-15-6-4-2/h7,9H,3-6,8,11H2,1-2H3. The molecule has 0 aliphatic heterocycles. The van der Waals surface area contributed by atoms with Crippen molar-refractivity contribution < 1.29 is 4.74 Å². The second-order valence-corrected chi connectivity index (χ2v) is 3.56. The van der Waals surface area contributed by atoms with Gasteiger partial charge in [-0.3, -0.25) is 0 Å². The van der Waals surface area contributed by atoms with Gasteiger partial charge in [0.15, 0.2) is 0 Å². The first-order valence-corrected chi connectivity index (χ1v) is 5.51. The summed E-state index contributed by atoms with van der Waals surface area (Å²) in [5, 5.41) is 7.85. The van der Waals surface area contributed by atoms with E-state index in [9.17, 15) is 0 Å². The van der Waals surface area contributed by atoms with Crippen molar-refractivity contribution in [3.63, 3.8) is 0 Å². The number of nitrogens with two attached hydrogens (primary N) is 1. The summed E-state index contributed by atoms with van der Waals surface area (Å²) in [6.45, 7) is 6.32. The highest BCUT2D eigenvalue weighted by atomic mass is 16.5. The summed E-state index contributed by atoms with van der Waals surface area (Å²) in [7, 11) is 0. The first-order chi connectivity index (χ1) is 7.29. The Morgan fingerprint density at radius 3 is 2.93 bits per heavy atom. The van der Waals surface area contributed by atoms with Gasteiger partial charge in [0, 0.05) is 13.2 Å². The lowest BCUT2D eigenvalue weighted by atomic mass is 10.2. The van der Waals surface area contributed by atoms with Crippen molar-refractivity contribution in [2.45, 2.75) is 39.3 Å². The van der Waals surface area contributed by atoms with Crippen LogP contribution in [0, 0.1) is 0 Å². The average Bonchev–Trinajstić information content (AvgIpc) is 2.67. The maximum atomic E-state index is 5.99. The highest BCUT2D eigenvalue weighted by molar-refractivity contribution is 5.01.